The molecule has 110 valence electrons. The molecule has 0 aliphatic heterocycles. The highest BCUT2D eigenvalue weighted by molar-refractivity contribution is 6.04. The molecular weight excluding hydrogens is 266 g/mol. The van der Waals surface area contributed by atoms with Gasteiger partial charge in [-0.1, -0.05) is 12.1 Å². The van der Waals surface area contributed by atoms with Crippen LogP contribution in [-0.4, -0.2) is 19.1 Å². The first-order valence-electron chi connectivity index (χ1n) is 6.80. The summed E-state index contributed by atoms with van der Waals surface area (Å²) in [5.74, 6) is 1.20. The molecule has 0 aliphatic carbocycles. The quantitative estimate of drug-likeness (QED) is 0.910. The van der Waals surface area contributed by atoms with Crippen LogP contribution in [0.5, 0.6) is 11.5 Å². The molecular formula is C17H19NO3. The van der Waals surface area contributed by atoms with E-state index < -0.39 is 0 Å². The Kier molecular flexibility index (Phi) is 4.82. The summed E-state index contributed by atoms with van der Waals surface area (Å²) >= 11 is 0. The zero-order valence-corrected chi connectivity index (χ0v) is 12.4. The van der Waals surface area contributed by atoms with Crippen LogP contribution in [0.3, 0.4) is 0 Å². The van der Waals surface area contributed by atoms with Crippen LogP contribution in [0.15, 0.2) is 48.5 Å². The lowest BCUT2D eigenvalue weighted by atomic mass is 10.2. The predicted octanol–water partition coefficient (Wildman–Crippen LogP) is 3.73. The Labute approximate surface area is 124 Å². The van der Waals surface area contributed by atoms with Crippen LogP contribution in [0.1, 0.15) is 24.2 Å². The number of methoxy groups -OCH3 is 1. The van der Waals surface area contributed by atoms with Gasteiger partial charge in [0.2, 0.25) is 0 Å². The first kappa shape index (κ1) is 14.9. The molecule has 0 saturated heterocycles. The summed E-state index contributed by atoms with van der Waals surface area (Å²) in [6.45, 7) is 3.89. The van der Waals surface area contributed by atoms with Gasteiger partial charge in [-0.05, 0) is 44.2 Å². The van der Waals surface area contributed by atoms with E-state index in [0.717, 1.165) is 0 Å². The van der Waals surface area contributed by atoms with Crippen molar-refractivity contribution in [1.29, 1.82) is 0 Å². The minimum atomic E-state index is -0.183. The van der Waals surface area contributed by atoms with Crippen LogP contribution < -0.4 is 14.8 Å². The van der Waals surface area contributed by atoms with Gasteiger partial charge in [-0.25, -0.2) is 0 Å². The lowest BCUT2D eigenvalue weighted by Gasteiger charge is -2.11. The van der Waals surface area contributed by atoms with E-state index in [-0.39, 0.29) is 12.0 Å². The van der Waals surface area contributed by atoms with E-state index in [4.69, 9.17) is 9.47 Å². The van der Waals surface area contributed by atoms with Gasteiger partial charge in [0.1, 0.15) is 11.5 Å². The molecule has 0 saturated carbocycles. The average molecular weight is 285 g/mol. The summed E-state index contributed by atoms with van der Waals surface area (Å²) < 4.78 is 10.7. The fraction of sp³-hybridized carbons (Fsp3) is 0.235. The van der Waals surface area contributed by atoms with Crippen molar-refractivity contribution in [3.63, 3.8) is 0 Å². The Balaban J connectivity index is 2.12. The molecule has 4 heteroatoms. The highest BCUT2D eigenvalue weighted by atomic mass is 16.5. The number of rotatable bonds is 5. The fourth-order valence-corrected chi connectivity index (χ4v) is 1.89. The summed E-state index contributed by atoms with van der Waals surface area (Å²) in [5, 5.41) is 2.84. The lowest BCUT2D eigenvalue weighted by Crippen LogP contribution is -2.12. The SMILES string of the molecule is COc1cccc(NC(=O)c2cccc(OC(C)C)c2)c1. The summed E-state index contributed by atoms with van der Waals surface area (Å²) in [6.07, 6.45) is 0.0710. The van der Waals surface area contributed by atoms with Crippen molar-refractivity contribution in [2.75, 3.05) is 12.4 Å². The van der Waals surface area contributed by atoms with Crippen LogP contribution in [-0.2, 0) is 0 Å². The Morgan fingerprint density at radius 1 is 1.05 bits per heavy atom. The molecule has 0 fully saturated rings. The Morgan fingerprint density at radius 3 is 2.48 bits per heavy atom. The summed E-state index contributed by atoms with van der Waals surface area (Å²) in [7, 11) is 1.59. The molecule has 2 rings (SSSR count). The number of amides is 1. The number of carbonyl (C=O) groups is 1. The third-order valence-electron chi connectivity index (χ3n) is 2.80. The van der Waals surface area contributed by atoms with Crippen LogP contribution >= 0.6 is 0 Å². The topological polar surface area (TPSA) is 47.6 Å². The maximum absolute atomic E-state index is 12.2. The van der Waals surface area contributed by atoms with Gasteiger partial charge in [0, 0.05) is 17.3 Å². The molecule has 0 atom stereocenters. The summed E-state index contributed by atoms with van der Waals surface area (Å²) in [5.41, 5.74) is 1.24. The third-order valence-corrected chi connectivity index (χ3v) is 2.80. The molecule has 0 aromatic heterocycles. The molecule has 0 radical (unpaired) electrons. The number of benzene rings is 2. The van der Waals surface area contributed by atoms with Crippen molar-refractivity contribution < 1.29 is 14.3 Å². The number of anilines is 1. The standard InChI is InChI=1S/C17H19NO3/c1-12(2)21-16-9-4-6-13(10-16)17(19)18-14-7-5-8-15(11-14)20-3/h4-12H,1-3H3,(H,18,19). The maximum Gasteiger partial charge on any atom is 0.255 e. The minimum Gasteiger partial charge on any atom is -0.497 e. The number of nitrogens with one attached hydrogen (secondary N) is 1. The van der Waals surface area contributed by atoms with Crippen molar-refractivity contribution in [1.82, 2.24) is 0 Å². The van der Waals surface area contributed by atoms with E-state index >= 15 is 0 Å². The summed E-state index contributed by atoms with van der Waals surface area (Å²) in [6, 6.07) is 14.4. The summed E-state index contributed by atoms with van der Waals surface area (Å²) in [4.78, 5) is 12.2. The fourth-order valence-electron chi connectivity index (χ4n) is 1.89. The van der Waals surface area contributed by atoms with Gasteiger partial charge in [-0.2, -0.15) is 0 Å². The van der Waals surface area contributed by atoms with Gasteiger partial charge in [0.25, 0.3) is 5.91 Å². The molecule has 1 amide bonds. The monoisotopic (exact) mass is 285 g/mol. The van der Waals surface area contributed by atoms with Crippen molar-refractivity contribution in [3.05, 3.63) is 54.1 Å². The zero-order chi connectivity index (χ0) is 15.2. The van der Waals surface area contributed by atoms with E-state index in [1.807, 2.05) is 38.1 Å². The molecule has 1 N–H and O–H groups in total. The highest BCUT2D eigenvalue weighted by Gasteiger charge is 2.08. The normalized spacial score (nSPS) is 10.3. The molecule has 0 heterocycles. The largest absolute Gasteiger partial charge is 0.497 e. The second kappa shape index (κ2) is 6.79. The van der Waals surface area contributed by atoms with E-state index in [0.29, 0.717) is 22.7 Å². The van der Waals surface area contributed by atoms with E-state index in [1.165, 1.54) is 0 Å². The Hall–Kier alpha value is -2.49. The van der Waals surface area contributed by atoms with Crippen LogP contribution in [0.25, 0.3) is 0 Å². The Morgan fingerprint density at radius 2 is 1.76 bits per heavy atom. The number of carbonyl (C=O) groups excluding carboxylic acids is 1. The van der Waals surface area contributed by atoms with Gasteiger partial charge < -0.3 is 14.8 Å². The molecule has 21 heavy (non-hydrogen) atoms. The van der Waals surface area contributed by atoms with E-state index in [2.05, 4.69) is 5.32 Å². The zero-order valence-electron chi connectivity index (χ0n) is 12.4. The van der Waals surface area contributed by atoms with Crippen LogP contribution in [0.4, 0.5) is 5.69 Å². The van der Waals surface area contributed by atoms with Gasteiger partial charge in [0.15, 0.2) is 0 Å². The third kappa shape index (κ3) is 4.24. The lowest BCUT2D eigenvalue weighted by molar-refractivity contribution is 0.102. The van der Waals surface area contributed by atoms with Crippen molar-refractivity contribution in [3.8, 4) is 11.5 Å². The predicted molar refractivity (Wildman–Crippen MR) is 83.2 cm³/mol. The first-order valence-corrected chi connectivity index (χ1v) is 6.80. The number of ether oxygens (including phenoxy) is 2. The molecule has 0 spiro atoms. The van der Waals surface area contributed by atoms with Crippen LogP contribution in [0.2, 0.25) is 0 Å². The molecule has 2 aromatic carbocycles. The number of hydrogen-bond acceptors (Lipinski definition) is 3. The van der Waals surface area contributed by atoms with E-state index in [1.54, 1.807) is 31.4 Å². The first-order chi connectivity index (χ1) is 10.1. The van der Waals surface area contributed by atoms with Crippen molar-refractivity contribution in [2.45, 2.75) is 20.0 Å². The van der Waals surface area contributed by atoms with Crippen LogP contribution in [0, 0.1) is 0 Å². The second-order valence-electron chi connectivity index (χ2n) is 4.88. The van der Waals surface area contributed by atoms with Gasteiger partial charge >= 0.3 is 0 Å². The van der Waals surface area contributed by atoms with Gasteiger partial charge in [-0.3, -0.25) is 4.79 Å². The highest BCUT2D eigenvalue weighted by Crippen LogP contribution is 2.19. The molecule has 0 unspecified atom stereocenters. The van der Waals surface area contributed by atoms with Gasteiger partial charge in [0.05, 0.1) is 13.2 Å². The molecule has 0 bridgehead atoms. The smallest absolute Gasteiger partial charge is 0.255 e. The molecule has 2 aromatic rings. The van der Waals surface area contributed by atoms with Gasteiger partial charge in [-0.15, -0.1) is 0 Å². The average Bonchev–Trinajstić information content (AvgIpc) is 2.47. The Bertz CT molecular complexity index is 623. The van der Waals surface area contributed by atoms with Crippen molar-refractivity contribution >= 4 is 11.6 Å². The van der Waals surface area contributed by atoms with Crippen molar-refractivity contribution in [2.24, 2.45) is 0 Å². The van der Waals surface area contributed by atoms with E-state index in [9.17, 15) is 4.79 Å². The molecule has 4 nitrogen and oxygen atoms in total. The maximum atomic E-state index is 12.2. The molecule has 0 aliphatic rings. The number of hydrogen-bond donors (Lipinski definition) is 1. The second-order valence-corrected chi connectivity index (χ2v) is 4.88. The minimum absolute atomic E-state index is 0.0710.